The number of carbonyl (C=O) groups excluding carboxylic acids is 1. The van der Waals surface area contributed by atoms with Crippen LogP contribution >= 0.6 is 0 Å². The molecule has 0 fully saturated rings. The van der Waals surface area contributed by atoms with E-state index in [-0.39, 0.29) is 18.3 Å². The van der Waals surface area contributed by atoms with Gasteiger partial charge < -0.3 is 9.30 Å². The molecule has 4 heterocycles. The van der Waals surface area contributed by atoms with Gasteiger partial charge in [-0.3, -0.25) is 9.78 Å². The molecule has 0 saturated carbocycles. The van der Waals surface area contributed by atoms with E-state index in [2.05, 4.69) is 9.97 Å². The summed E-state index contributed by atoms with van der Waals surface area (Å²) in [7, 11) is 0. The summed E-state index contributed by atoms with van der Waals surface area (Å²) in [6.07, 6.45) is 7.17. The van der Waals surface area contributed by atoms with Crippen molar-refractivity contribution in [1.29, 1.82) is 0 Å². The number of hydrogen-bond acceptors (Lipinski definition) is 3. The first-order chi connectivity index (χ1) is 13.2. The SMILES string of the molecule is O=C1c2cccnc2CN1Cc1ccc(-c2ccc3nccn3c2)cc1F. The number of fused-ring (bicyclic) bond motifs is 2. The molecule has 0 spiro atoms. The predicted octanol–water partition coefficient (Wildman–Crippen LogP) is 3.69. The number of rotatable bonds is 3. The predicted molar refractivity (Wildman–Crippen MR) is 98.4 cm³/mol. The molecule has 1 aliphatic rings. The summed E-state index contributed by atoms with van der Waals surface area (Å²) in [5.41, 5.74) is 4.36. The van der Waals surface area contributed by atoms with Crippen molar-refractivity contribution in [1.82, 2.24) is 19.3 Å². The zero-order valence-electron chi connectivity index (χ0n) is 14.3. The topological polar surface area (TPSA) is 50.5 Å². The molecule has 5 rings (SSSR count). The largest absolute Gasteiger partial charge is 0.328 e. The van der Waals surface area contributed by atoms with Gasteiger partial charge >= 0.3 is 0 Å². The van der Waals surface area contributed by atoms with Crippen molar-refractivity contribution in [3.8, 4) is 11.1 Å². The van der Waals surface area contributed by atoms with Crippen molar-refractivity contribution >= 4 is 11.6 Å². The maximum atomic E-state index is 14.7. The number of hydrogen-bond donors (Lipinski definition) is 0. The minimum Gasteiger partial charge on any atom is -0.328 e. The van der Waals surface area contributed by atoms with Crippen LogP contribution in [0.15, 0.2) is 67.3 Å². The second-order valence-corrected chi connectivity index (χ2v) is 6.58. The van der Waals surface area contributed by atoms with Gasteiger partial charge in [0.1, 0.15) is 11.5 Å². The molecule has 1 aromatic carbocycles. The normalized spacial score (nSPS) is 13.4. The lowest BCUT2D eigenvalue weighted by molar-refractivity contribution is 0.0765. The Balaban J connectivity index is 1.41. The van der Waals surface area contributed by atoms with Crippen LogP contribution in [-0.2, 0) is 13.1 Å². The molecule has 27 heavy (non-hydrogen) atoms. The lowest BCUT2D eigenvalue weighted by Gasteiger charge is -2.16. The first kappa shape index (κ1) is 15.7. The number of amides is 1. The molecule has 0 bridgehead atoms. The molecule has 6 heteroatoms. The van der Waals surface area contributed by atoms with Crippen molar-refractivity contribution < 1.29 is 9.18 Å². The lowest BCUT2D eigenvalue weighted by atomic mass is 10.0. The van der Waals surface area contributed by atoms with Gasteiger partial charge in [-0.1, -0.05) is 12.1 Å². The van der Waals surface area contributed by atoms with E-state index in [1.165, 1.54) is 6.07 Å². The number of carbonyl (C=O) groups is 1. The minimum atomic E-state index is -0.324. The number of halogens is 1. The fourth-order valence-electron chi connectivity index (χ4n) is 3.46. The van der Waals surface area contributed by atoms with Gasteiger partial charge in [0.05, 0.1) is 17.8 Å². The molecular weight excluding hydrogens is 343 g/mol. The highest BCUT2D eigenvalue weighted by molar-refractivity contribution is 5.97. The Morgan fingerprint density at radius 3 is 2.78 bits per heavy atom. The monoisotopic (exact) mass is 358 g/mol. The van der Waals surface area contributed by atoms with Crippen LogP contribution in [0, 0.1) is 5.82 Å². The van der Waals surface area contributed by atoms with Gasteiger partial charge in [-0.05, 0) is 41.5 Å². The number of benzene rings is 1. The van der Waals surface area contributed by atoms with Crippen molar-refractivity contribution in [2.45, 2.75) is 13.1 Å². The average molecular weight is 358 g/mol. The van der Waals surface area contributed by atoms with Gasteiger partial charge in [0.15, 0.2) is 0 Å². The van der Waals surface area contributed by atoms with Crippen molar-refractivity contribution in [3.63, 3.8) is 0 Å². The summed E-state index contributed by atoms with van der Waals surface area (Å²) < 4.78 is 16.6. The summed E-state index contributed by atoms with van der Waals surface area (Å²) >= 11 is 0. The van der Waals surface area contributed by atoms with E-state index >= 15 is 0 Å². The molecule has 1 amide bonds. The highest BCUT2D eigenvalue weighted by atomic mass is 19.1. The van der Waals surface area contributed by atoms with Crippen LogP contribution in [0.4, 0.5) is 4.39 Å². The molecule has 0 atom stereocenters. The van der Waals surface area contributed by atoms with Gasteiger partial charge in [-0.2, -0.15) is 0 Å². The van der Waals surface area contributed by atoms with Gasteiger partial charge in [0, 0.05) is 36.9 Å². The maximum absolute atomic E-state index is 14.7. The Morgan fingerprint density at radius 1 is 1.04 bits per heavy atom. The van der Waals surface area contributed by atoms with Crippen LogP contribution in [0.5, 0.6) is 0 Å². The fraction of sp³-hybridized carbons (Fsp3) is 0.0952. The number of aromatic nitrogens is 3. The molecule has 0 N–H and O–H groups in total. The highest BCUT2D eigenvalue weighted by Gasteiger charge is 2.28. The lowest BCUT2D eigenvalue weighted by Crippen LogP contribution is -2.23. The molecule has 0 aliphatic carbocycles. The first-order valence-corrected chi connectivity index (χ1v) is 8.64. The molecule has 0 unspecified atom stereocenters. The third-order valence-corrected chi connectivity index (χ3v) is 4.88. The Bertz CT molecular complexity index is 1180. The number of pyridine rings is 2. The third-order valence-electron chi connectivity index (χ3n) is 4.88. The van der Waals surface area contributed by atoms with Gasteiger partial charge in [0.2, 0.25) is 0 Å². The van der Waals surface area contributed by atoms with Crippen LogP contribution in [0.1, 0.15) is 21.6 Å². The van der Waals surface area contributed by atoms with E-state index in [0.29, 0.717) is 17.7 Å². The molecule has 0 saturated heterocycles. The van der Waals surface area contributed by atoms with Gasteiger partial charge in [-0.25, -0.2) is 9.37 Å². The molecule has 5 nitrogen and oxygen atoms in total. The standard InChI is InChI=1S/C21H15FN4O/c22-18-10-14(15-5-6-20-24-8-9-25(20)11-15)3-4-16(18)12-26-13-19-17(21(26)27)2-1-7-23-19/h1-11H,12-13H2. The van der Waals surface area contributed by atoms with E-state index in [1.807, 2.05) is 35.0 Å². The zero-order chi connectivity index (χ0) is 18.4. The summed E-state index contributed by atoms with van der Waals surface area (Å²) in [5.74, 6) is -0.429. The number of nitrogens with zero attached hydrogens (tertiary/aromatic N) is 4. The molecule has 132 valence electrons. The highest BCUT2D eigenvalue weighted by Crippen LogP contribution is 2.26. The second kappa shape index (κ2) is 6.02. The summed E-state index contributed by atoms with van der Waals surface area (Å²) in [4.78, 5) is 22.5. The Kier molecular flexibility index (Phi) is 3.50. The Morgan fingerprint density at radius 2 is 1.93 bits per heavy atom. The van der Waals surface area contributed by atoms with E-state index in [0.717, 1.165) is 22.5 Å². The van der Waals surface area contributed by atoms with Crippen molar-refractivity contribution in [3.05, 3.63) is 89.9 Å². The summed E-state index contributed by atoms with van der Waals surface area (Å²) in [6.45, 7) is 0.634. The average Bonchev–Trinajstić information content (AvgIpc) is 3.28. The van der Waals surface area contributed by atoms with Crippen LogP contribution < -0.4 is 0 Å². The minimum absolute atomic E-state index is 0.105. The van der Waals surface area contributed by atoms with Crippen LogP contribution in [0.3, 0.4) is 0 Å². The Labute approximate surface area is 154 Å². The maximum Gasteiger partial charge on any atom is 0.256 e. The van der Waals surface area contributed by atoms with E-state index < -0.39 is 0 Å². The van der Waals surface area contributed by atoms with Crippen molar-refractivity contribution in [2.75, 3.05) is 0 Å². The summed E-state index contributed by atoms with van der Waals surface area (Å²) in [5, 5.41) is 0. The first-order valence-electron chi connectivity index (χ1n) is 8.64. The summed E-state index contributed by atoms with van der Waals surface area (Å²) in [6, 6.07) is 12.5. The second-order valence-electron chi connectivity index (χ2n) is 6.58. The molecule has 4 aromatic rings. The van der Waals surface area contributed by atoms with Crippen LogP contribution in [0.25, 0.3) is 16.8 Å². The molecule has 0 radical (unpaired) electrons. The van der Waals surface area contributed by atoms with Crippen LogP contribution in [0.2, 0.25) is 0 Å². The quantitative estimate of drug-likeness (QED) is 0.561. The molecular formula is C21H15FN4O. The van der Waals surface area contributed by atoms with Crippen LogP contribution in [-0.4, -0.2) is 25.2 Å². The van der Waals surface area contributed by atoms with E-state index in [1.54, 1.807) is 35.5 Å². The smallest absolute Gasteiger partial charge is 0.256 e. The van der Waals surface area contributed by atoms with Gasteiger partial charge in [-0.15, -0.1) is 0 Å². The number of imidazole rings is 1. The fourth-order valence-corrected chi connectivity index (χ4v) is 3.46. The van der Waals surface area contributed by atoms with Crippen molar-refractivity contribution in [2.24, 2.45) is 0 Å². The molecule has 1 aliphatic heterocycles. The third kappa shape index (κ3) is 2.66. The molecule has 3 aromatic heterocycles. The Hall–Kier alpha value is -3.54. The van der Waals surface area contributed by atoms with Gasteiger partial charge in [0.25, 0.3) is 5.91 Å². The van der Waals surface area contributed by atoms with E-state index in [9.17, 15) is 9.18 Å². The zero-order valence-corrected chi connectivity index (χ0v) is 14.3. The van der Waals surface area contributed by atoms with E-state index in [4.69, 9.17) is 0 Å².